The number of nitrogens with one attached hydrogen (secondary N) is 2. The monoisotopic (exact) mass is 830 g/mol. The van der Waals surface area contributed by atoms with Gasteiger partial charge in [0.15, 0.2) is 5.82 Å². The van der Waals surface area contributed by atoms with Gasteiger partial charge in [0, 0.05) is 35.7 Å². The molecule has 3 heterocycles. The van der Waals surface area contributed by atoms with Crippen molar-refractivity contribution in [2.45, 2.75) is 56.7 Å². The van der Waals surface area contributed by atoms with Crippen LogP contribution in [-0.4, -0.2) is 50.7 Å². The average molecular weight is 831 g/mol. The van der Waals surface area contributed by atoms with Gasteiger partial charge in [-0.1, -0.05) is 35.7 Å². The Kier molecular flexibility index (Phi) is 9.94. The average Bonchev–Trinajstić information content (AvgIpc) is 3.63. The number of hydrogen-bond acceptors (Lipinski definition) is 7. The number of aromatic nitrogens is 5. The Hall–Kier alpha value is -5.38. The summed E-state index contributed by atoms with van der Waals surface area (Å²) >= 11 is 6.59. The number of benzene rings is 2. The van der Waals surface area contributed by atoms with E-state index in [2.05, 4.69) is 32.1 Å². The van der Waals surface area contributed by atoms with Gasteiger partial charge in [-0.25, -0.2) is 31.0 Å². The molecule has 0 saturated heterocycles. The maximum atomic E-state index is 15.6. The van der Waals surface area contributed by atoms with Gasteiger partial charge in [-0.05, 0) is 62.1 Å². The number of pyridine rings is 1. The summed E-state index contributed by atoms with van der Waals surface area (Å²) in [4.78, 5) is 18.7. The minimum atomic E-state index is -3.82. The fraction of sp³-hybridized carbons (Fsp3) is 0.316. The molecule has 57 heavy (non-hydrogen) atoms. The minimum Gasteiger partial charge on any atom is -0.346 e. The molecule has 2 aliphatic rings. The van der Waals surface area contributed by atoms with Crippen molar-refractivity contribution in [3.05, 3.63) is 105 Å². The topological polar surface area (TPSA) is 150 Å². The lowest BCUT2D eigenvalue weighted by atomic mass is 9.81. The highest BCUT2D eigenvalue weighted by Gasteiger charge is 2.60. The Bertz CT molecular complexity index is 2660. The van der Waals surface area contributed by atoms with Crippen LogP contribution in [0.1, 0.15) is 66.1 Å². The molecule has 0 bridgehead atoms. The molecule has 2 aromatic carbocycles. The summed E-state index contributed by atoms with van der Waals surface area (Å²) in [5, 5.41) is 11.1. The van der Waals surface area contributed by atoms with Gasteiger partial charge in [0.05, 0.1) is 45.4 Å². The number of hydrogen-bond donors (Lipinski definition) is 3. The lowest BCUT2D eigenvalue weighted by Crippen LogP contribution is -2.35. The molecule has 1 amide bonds. The molecule has 3 atom stereocenters. The van der Waals surface area contributed by atoms with Gasteiger partial charge in [-0.2, -0.15) is 19.0 Å². The van der Waals surface area contributed by atoms with E-state index in [1.165, 1.54) is 29.9 Å². The molecule has 3 aromatic heterocycles. The van der Waals surface area contributed by atoms with Crippen LogP contribution in [0.5, 0.6) is 0 Å². The van der Waals surface area contributed by atoms with Crippen LogP contribution in [0.4, 0.5) is 32.2 Å². The number of nitrogens with two attached hydrogens (primary N) is 1. The summed E-state index contributed by atoms with van der Waals surface area (Å²) < 4.78 is 117. The molecule has 19 heteroatoms. The molecule has 4 N–H and O–H groups in total. The lowest BCUT2D eigenvalue weighted by Gasteiger charge is -2.27. The van der Waals surface area contributed by atoms with Crippen molar-refractivity contribution < 1.29 is 39.6 Å². The molecule has 0 spiro atoms. The number of nitrogens with zero attached hydrogens (tertiary/aromatic N) is 5. The maximum Gasteiger partial charge on any atom is 0.296 e. The Morgan fingerprint density at radius 2 is 1.74 bits per heavy atom. The highest BCUT2D eigenvalue weighted by molar-refractivity contribution is 7.92. The second kappa shape index (κ2) is 14.2. The van der Waals surface area contributed by atoms with E-state index in [1.54, 1.807) is 32.0 Å². The Labute approximate surface area is 327 Å². The standard InChI is InChI=1S/C38H33ClF6N8O3S/c1-37(2,46)12-11-21-5-6-22(23-8-10-26(39)30-33(23)52(3)50-36(30)51-57(4,55)56)31(47-21)27(15-18-13-19(40)16-20(41)14-18)48-28(54)17-53-34-29(32(49-53)35(42)43)24-7-9-25(24)38(34,44)45/h5-10,13-14,16,24-25,27,35H,15,17,46H2,1-4H3,(H,48,54)(H,50,51)/t24-,25+,27-/m0/s1. The molecule has 11 nitrogen and oxygen atoms in total. The number of rotatable bonds is 10. The van der Waals surface area contributed by atoms with Gasteiger partial charge < -0.3 is 11.1 Å². The molecule has 0 unspecified atom stereocenters. The number of carbonyl (C=O) groups is 1. The number of fused-ring (bicyclic) bond motifs is 4. The third kappa shape index (κ3) is 7.71. The molecule has 2 aliphatic carbocycles. The van der Waals surface area contributed by atoms with Crippen LogP contribution in [0.2, 0.25) is 5.02 Å². The fourth-order valence-corrected chi connectivity index (χ4v) is 7.96. The zero-order chi connectivity index (χ0) is 41.4. The fourth-order valence-electron chi connectivity index (χ4n) is 7.23. The molecular formula is C38H33ClF6N8O3S. The minimum absolute atomic E-state index is 0.0562. The van der Waals surface area contributed by atoms with Gasteiger partial charge in [0.2, 0.25) is 15.9 Å². The van der Waals surface area contributed by atoms with E-state index in [1.807, 2.05) is 0 Å². The summed E-state index contributed by atoms with van der Waals surface area (Å²) in [6.45, 7) is 2.38. The van der Waals surface area contributed by atoms with Crippen molar-refractivity contribution in [3.63, 3.8) is 0 Å². The number of sulfonamides is 1. The number of halogens is 7. The van der Waals surface area contributed by atoms with Gasteiger partial charge >= 0.3 is 0 Å². The van der Waals surface area contributed by atoms with E-state index in [-0.39, 0.29) is 45.2 Å². The highest BCUT2D eigenvalue weighted by atomic mass is 35.5. The molecule has 0 aliphatic heterocycles. The Balaban J connectivity index is 1.39. The van der Waals surface area contributed by atoms with Crippen LogP contribution in [-0.2, 0) is 40.8 Å². The smallest absolute Gasteiger partial charge is 0.296 e. The predicted octanol–water partition coefficient (Wildman–Crippen LogP) is 6.64. The molecule has 298 valence electrons. The first-order valence-corrected chi connectivity index (χ1v) is 19.5. The summed E-state index contributed by atoms with van der Waals surface area (Å²) in [7, 11) is -2.29. The number of alkyl halides is 4. The second-order valence-corrected chi connectivity index (χ2v) is 16.7. The van der Waals surface area contributed by atoms with Crippen molar-refractivity contribution in [1.29, 1.82) is 0 Å². The largest absolute Gasteiger partial charge is 0.346 e. The molecule has 0 radical (unpaired) electrons. The van der Waals surface area contributed by atoms with E-state index in [0.717, 1.165) is 18.4 Å². The first-order chi connectivity index (χ1) is 26.6. The quantitative estimate of drug-likeness (QED) is 0.0812. The summed E-state index contributed by atoms with van der Waals surface area (Å²) in [6, 6.07) is 7.65. The Morgan fingerprint density at radius 1 is 1.05 bits per heavy atom. The van der Waals surface area contributed by atoms with Crippen molar-refractivity contribution in [2.24, 2.45) is 18.7 Å². The highest BCUT2D eigenvalue weighted by Crippen LogP contribution is 2.60. The van der Waals surface area contributed by atoms with E-state index >= 15 is 8.78 Å². The van der Waals surface area contributed by atoms with Gasteiger partial charge in [-0.15, -0.1) is 0 Å². The zero-order valence-corrected chi connectivity index (χ0v) is 32.1. The molecule has 0 saturated carbocycles. The van der Waals surface area contributed by atoms with Crippen LogP contribution in [0.15, 0.2) is 54.6 Å². The van der Waals surface area contributed by atoms with E-state index < -0.39 is 81.3 Å². The normalized spacial score (nSPS) is 17.5. The van der Waals surface area contributed by atoms with Crippen LogP contribution in [0.25, 0.3) is 22.0 Å². The van der Waals surface area contributed by atoms with Crippen molar-refractivity contribution >= 4 is 44.3 Å². The van der Waals surface area contributed by atoms with Crippen molar-refractivity contribution in [1.82, 2.24) is 29.9 Å². The lowest BCUT2D eigenvalue weighted by molar-refractivity contribution is -0.123. The van der Waals surface area contributed by atoms with Gasteiger partial charge in [0.25, 0.3) is 12.3 Å². The summed E-state index contributed by atoms with van der Waals surface area (Å²) in [6.07, 6.45) is 0.0248. The number of carbonyl (C=O) groups excluding carboxylic acids is 1. The number of anilines is 1. The van der Waals surface area contributed by atoms with E-state index in [9.17, 15) is 30.8 Å². The van der Waals surface area contributed by atoms with Crippen LogP contribution in [0.3, 0.4) is 0 Å². The van der Waals surface area contributed by atoms with E-state index in [0.29, 0.717) is 27.4 Å². The summed E-state index contributed by atoms with van der Waals surface area (Å²) in [5.74, 6) is -3.12. The third-order valence-corrected chi connectivity index (χ3v) is 10.4. The maximum absolute atomic E-state index is 15.6. The van der Waals surface area contributed by atoms with Crippen LogP contribution < -0.4 is 15.8 Å². The van der Waals surface area contributed by atoms with E-state index in [4.69, 9.17) is 22.3 Å². The number of allylic oxidation sites excluding steroid dienone is 2. The Morgan fingerprint density at radius 3 is 2.35 bits per heavy atom. The molecule has 7 rings (SSSR count). The zero-order valence-electron chi connectivity index (χ0n) is 30.5. The molecule has 5 aromatic rings. The van der Waals surface area contributed by atoms with Crippen molar-refractivity contribution in [2.75, 3.05) is 11.0 Å². The third-order valence-electron chi connectivity index (χ3n) is 9.47. The van der Waals surface area contributed by atoms with Gasteiger partial charge in [0.1, 0.15) is 35.3 Å². The van der Waals surface area contributed by atoms with Crippen molar-refractivity contribution in [3.8, 4) is 23.0 Å². The van der Waals surface area contributed by atoms with Crippen LogP contribution >= 0.6 is 11.6 Å². The van der Waals surface area contributed by atoms with Gasteiger partial charge in [-0.3, -0.25) is 18.9 Å². The first-order valence-electron chi connectivity index (χ1n) is 17.3. The number of aryl methyl sites for hydroxylation is 1. The predicted molar refractivity (Wildman–Crippen MR) is 200 cm³/mol. The molecule has 0 fully saturated rings. The molecular weight excluding hydrogens is 798 g/mol. The first kappa shape index (κ1) is 39.8. The number of amides is 1. The SMILES string of the molecule is Cn1nc(NS(C)(=O)=O)c2c(Cl)ccc(-c3ccc(C#CC(C)(C)N)nc3[C@H](Cc3cc(F)cc(F)c3)NC(=O)Cn3nc(C(F)F)c4c3C(F)(F)[C@@H]3C=C[C@H]43)c21. The van der Waals surface area contributed by atoms with Crippen LogP contribution in [0, 0.1) is 29.4 Å². The summed E-state index contributed by atoms with van der Waals surface area (Å²) in [5.41, 5.74) is 4.40. The second-order valence-electron chi connectivity index (χ2n) is 14.5.